The monoisotopic (exact) mass is 454 g/mol. The molecule has 0 bridgehead atoms. The van der Waals surface area contributed by atoms with Gasteiger partial charge in [0.05, 0.1) is 56.9 Å². The van der Waals surface area contributed by atoms with Crippen LogP contribution in [0.4, 0.5) is 0 Å². The van der Waals surface area contributed by atoms with E-state index >= 15 is 0 Å². The highest BCUT2D eigenvalue weighted by molar-refractivity contribution is 6.18. The normalized spacial score (nSPS) is 10.2. The number of hydrogen-bond donors (Lipinski definition) is 2. The lowest BCUT2D eigenvalue weighted by molar-refractivity contribution is 0.102. The van der Waals surface area contributed by atoms with Gasteiger partial charge in [0.2, 0.25) is 40.3 Å². The molecule has 0 aliphatic carbocycles. The number of benzene rings is 2. The van der Waals surface area contributed by atoms with Gasteiger partial charge in [0.15, 0.2) is 23.0 Å². The molecular formula is C21H26O11. The first-order chi connectivity index (χ1) is 15.3. The van der Waals surface area contributed by atoms with Gasteiger partial charge < -0.3 is 48.1 Å². The summed E-state index contributed by atoms with van der Waals surface area (Å²) in [6, 6.07) is 0. The molecule has 0 heterocycles. The molecule has 0 spiro atoms. The van der Waals surface area contributed by atoms with Crippen LogP contribution in [0, 0.1) is 0 Å². The first-order valence-corrected chi connectivity index (χ1v) is 9.05. The lowest BCUT2D eigenvalue weighted by Gasteiger charge is -2.23. The van der Waals surface area contributed by atoms with E-state index in [4.69, 9.17) is 37.9 Å². The van der Waals surface area contributed by atoms with Crippen molar-refractivity contribution in [1.29, 1.82) is 0 Å². The molecule has 0 saturated carbocycles. The summed E-state index contributed by atoms with van der Waals surface area (Å²) >= 11 is 0. The number of hydrogen-bond acceptors (Lipinski definition) is 11. The molecule has 0 aliphatic heterocycles. The van der Waals surface area contributed by atoms with Crippen molar-refractivity contribution in [2.24, 2.45) is 0 Å². The molecule has 11 nitrogen and oxygen atoms in total. The second-order valence-corrected chi connectivity index (χ2v) is 6.04. The summed E-state index contributed by atoms with van der Waals surface area (Å²) in [5.74, 6) is -2.81. The van der Waals surface area contributed by atoms with Crippen LogP contribution in [0.15, 0.2) is 0 Å². The Kier molecular flexibility index (Phi) is 7.58. The van der Waals surface area contributed by atoms with Crippen molar-refractivity contribution in [2.45, 2.75) is 0 Å². The minimum Gasteiger partial charge on any atom is -0.501 e. The molecular weight excluding hydrogens is 428 g/mol. The van der Waals surface area contributed by atoms with Crippen LogP contribution in [0.3, 0.4) is 0 Å². The standard InChI is InChI=1S/C21H26O11/c1-25-14-9(15(26-2)19(30-6)12(23)18(14)29-5)11(22)10-16(27-3)20(31-7)13(24)21(32-8)17(10)28-4/h23-24H,1-8H3. The third-order valence-electron chi connectivity index (χ3n) is 4.68. The maximum Gasteiger partial charge on any atom is 0.208 e. The lowest BCUT2D eigenvalue weighted by Crippen LogP contribution is -2.13. The van der Waals surface area contributed by atoms with Crippen LogP contribution in [0.1, 0.15) is 15.9 Å². The van der Waals surface area contributed by atoms with Crippen molar-refractivity contribution in [3.05, 3.63) is 11.1 Å². The van der Waals surface area contributed by atoms with Crippen molar-refractivity contribution in [3.8, 4) is 57.5 Å². The number of aromatic hydroxyl groups is 2. The van der Waals surface area contributed by atoms with Gasteiger partial charge in [-0.05, 0) is 0 Å². The number of phenolic OH excluding ortho intramolecular Hbond substituents is 2. The summed E-state index contributed by atoms with van der Waals surface area (Å²) in [7, 11) is 10.3. The summed E-state index contributed by atoms with van der Waals surface area (Å²) < 4.78 is 42.5. The number of ketones is 1. The smallest absolute Gasteiger partial charge is 0.208 e. The molecule has 0 aromatic heterocycles. The fourth-order valence-electron chi connectivity index (χ4n) is 3.37. The zero-order chi connectivity index (χ0) is 24.2. The number of phenols is 2. The van der Waals surface area contributed by atoms with E-state index in [9.17, 15) is 15.0 Å². The number of carbonyl (C=O) groups is 1. The van der Waals surface area contributed by atoms with E-state index in [-0.39, 0.29) is 57.1 Å². The topological polar surface area (TPSA) is 131 Å². The van der Waals surface area contributed by atoms with E-state index in [0.29, 0.717) is 0 Å². The van der Waals surface area contributed by atoms with E-state index in [1.165, 1.54) is 56.9 Å². The van der Waals surface area contributed by atoms with Gasteiger partial charge in [-0.25, -0.2) is 0 Å². The molecule has 176 valence electrons. The van der Waals surface area contributed by atoms with Gasteiger partial charge in [-0.1, -0.05) is 0 Å². The average Bonchev–Trinajstić information content (AvgIpc) is 2.81. The molecule has 0 unspecified atom stereocenters. The van der Waals surface area contributed by atoms with E-state index in [0.717, 1.165) is 0 Å². The van der Waals surface area contributed by atoms with Gasteiger partial charge in [-0.2, -0.15) is 0 Å². The zero-order valence-electron chi connectivity index (χ0n) is 19.1. The number of ether oxygens (including phenoxy) is 8. The third kappa shape index (κ3) is 3.55. The number of methoxy groups -OCH3 is 8. The molecule has 2 aromatic carbocycles. The molecule has 2 rings (SSSR count). The van der Waals surface area contributed by atoms with Crippen LogP contribution < -0.4 is 37.9 Å². The molecule has 0 atom stereocenters. The Morgan fingerprint density at radius 3 is 0.781 bits per heavy atom. The molecule has 0 amide bonds. The van der Waals surface area contributed by atoms with E-state index < -0.39 is 17.3 Å². The summed E-state index contributed by atoms with van der Waals surface area (Å²) in [5.41, 5.74) is -0.346. The first-order valence-electron chi connectivity index (χ1n) is 9.05. The van der Waals surface area contributed by atoms with Crippen LogP contribution in [-0.2, 0) is 0 Å². The minimum absolute atomic E-state index is 0.136. The third-order valence-corrected chi connectivity index (χ3v) is 4.68. The first kappa shape index (κ1) is 24.4. The molecule has 11 heteroatoms. The van der Waals surface area contributed by atoms with E-state index in [2.05, 4.69) is 0 Å². The van der Waals surface area contributed by atoms with Gasteiger partial charge >= 0.3 is 0 Å². The van der Waals surface area contributed by atoms with E-state index in [1.54, 1.807) is 0 Å². The molecule has 0 radical (unpaired) electrons. The van der Waals surface area contributed by atoms with Gasteiger partial charge in [0.25, 0.3) is 0 Å². The highest BCUT2D eigenvalue weighted by Crippen LogP contribution is 2.57. The van der Waals surface area contributed by atoms with Crippen molar-refractivity contribution in [2.75, 3.05) is 56.9 Å². The maximum atomic E-state index is 14.0. The predicted molar refractivity (Wildman–Crippen MR) is 112 cm³/mol. The Hall–Kier alpha value is -3.89. The Morgan fingerprint density at radius 2 is 0.625 bits per heavy atom. The molecule has 32 heavy (non-hydrogen) atoms. The van der Waals surface area contributed by atoms with Crippen molar-refractivity contribution in [3.63, 3.8) is 0 Å². The van der Waals surface area contributed by atoms with Crippen molar-refractivity contribution < 1.29 is 52.9 Å². The Balaban J connectivity index is 3.10. The summed E-state index contributed by atoms with van der Waals surface area (Å²) in [6.45, 7) is 0. The maximum absolute atomic E-state index is 14.0. The van der Waals surface area contributed by atoms with Gasteiger partial charge in [-0.3, -0.25) is 4.79 Å². The van der Waals surface area contributed by atoms with Crippen LogP contribution >= 0.6 is 0 Å². The number of carbonyl (C=O) groups excluding carboxylic acids is 1. The van der Waals surface area contributed by atoms with Gasteiger partial charge in [0.1, 0.15) is 11.1 Å². The predicted octanol–water partition coefficient (Wildman–Crippen LogP) is 2.40. The number of rotatable bonds is 10. The van der Waals surface area contributed by atoms with Crippen LogP contribution in [0.25, 0.3) is 0 Å². The summed E-state index contributed by atoms with van der Waals surface area (Å²) in [4.78, 5) is 14.0. The second kappa shape index (κ2) is 9.94. The fraction of sp³-hybridized carbons (Fsp3) is 0.381. The zero-order valence-corrected chi connectivity index (χ0v) is 19.1. The highest BCUT2D eigenvalue weighted by atomic mass is 16.5. The largest absolute Gasteiger partial charge is 0.501 e. The van der Waals surface area contributed by atoms with Crippen LogP contribution in [0.5, 0.6) is 57.5 Å². The summed E-state index contributed by atoms with van der Waals surface area (Å²) in [6.07, 6.45) is 0. The quantitative estimate of drug-likeness (QED) is 0.513. The molecule has 2 N–H and O–H groups in total. The van der Waals surface area contributed by atoms with E-state index in [1.807, 2.05) is 0 Å². The minimum atomic E-state index is -0.749. The van der Waals surface area contributed by atoms with Crippen molar-refractivity contribution >= 4 is 5.78 Å². The molecule has 0 aliphatic rings. The Morgan fingerprint density at radius 1 is 0.438 bits per heavy atom. The van der Waals surface area contributed by atoms with Crippen molar-refractivity contribution in [1.82, 2.24) is 0 Å². The van der Waals surface area contributed by atoms with Gasteiger partial charge in [0, 0.05) is 0 Å². The average molecular weight is 454 g/mol. The highest BCUT2D eigenvalue weighted by Gasteiger charge is 2.38. The molecule has 2 aromatic rings. The Bertz CT molecular complexity index is 868. The summed E-state index contributed by atoms with van der Waals surface area (Å²) in [5, 5.41) is 21.1. The SMILES string of the molecule is COc1c(O)c(OC)c(OC)c(C(=O)c2c(OC)c(OC)c(O)c(OC)c2OC)c1OC. The van der Waals surface area contributed by atoms with Crippen LogP contribution in [-0.4, -0.2) is 72.9 Å². The molecule has 0 saturated heterocycles. The molecule has 0 fully saturated rings. The van der Waals surface area contributed by atoms with Gasteiger partial charge in [-0.15, -0.1) is 0 Å². The lowest BCUT2D eigenvalue weighted by atomic mass is 9.96. The fourth-order valence-corrected chi connectivity index (χ4v) is 3.37. The Labute approximate surface area is 184 Å². The second-order valence-electron chi connectivity index (χ2n) is 6.04. The van der Waals surface area contributed by atoms with Crippen LogP contribution in [0.2, 0.25) is 0 Å².